The van der Waals surface area contributed by atoms with Crippen LogP contribution in [0.3, 0.4) is 0 Å². The summed E-state index contributed by atoms with van der Waals surface area (Å²) in [7, 11) is 0. The summed E-state index contributed by atoms with van der Waals surface area (Å²) in [6.07, 6.45) is 2.79. The lowest BCUT2D eigenvalue weighted by molar-refractivity contribution is 0.144. The molecule has 3 nitrogen and oxygen atoms in total. The second-order valence-electron chi connectivity index (χ2n) is 3.97. The highest BCUT2D eigenvalue weighted by molar-refractivity contribution is 5.27. The van der Waals surface area contributed by atoms with Crippen LogP contribution in [-0.4, -0.2) is 26.4 Å². The van der Waals surface area contributed by atoms with E-state index in [1.165, 1.54) is 5.56 Å². The average molecular weight is 249 g/mol. The predicted molar refractivity (Wildman–Crippen MR) is 75.0 cm³/mol. The molecule has 0 unspecified atom stereocenters. The molecule has 18 heavy (non-hydrogen) atoms. The zero-order valence-electron chi connectivity index (χ0n) is 11.2. The standard InChI is InChI=1S/C15H23NO2/c1-3-11-18-15-8-6-14(7-9-15)13-16-10-5-12-17-4-2/h3,6-9,16H,1,4-5,10-13H2,2H3. The van der Waals surface area contributed by atoms with Gasteiger partial charge in [-0.05, 0) is 37.6 Å². The molecule has 1 N–H and O–H groups in total. The average Bonchev–Trinajstić information content (AvgIpc) is 2.42. The molecule has 0 saturated carbocycles. The third-order valence-electron chi connectivity index (χ3n) is 2.47. The Bertz CT molecular complexity index is 322. The molecule has 0 fully saturated rings. The van der Waals surface area contributed by atoms with Crippen LogP contribution < -0.4 is 10.1 Å². The molecule has 0 aliphatic carbocycles. The van der Waals surface area contributed by atoms with Crippen LogP contribution >= 0.6 is 0 Å². The number of hydrogen-bond donors (Lipinski definition) is 1. The van der Waals surface area contributed by atoms with Crippen molar-refractivity contribution in [2.24, 2.45) is 0 Å². The molecule has 1 rings (SSSR count). The monoisotopic (exact) mass is 249 g/mol. The Balaban J connectivity index is 2.16. The maximum absolute atomic E-state index is 5.43. The molecule has 0 spiro atoms. The van der Waals surface area contributed by atoms with Gasteiger partial charge in [0.15, 0.2) is 0 Å². The number of ether oxygens (including phenoxy) is 2. The second kappa shape index (κ2) is 9.68. The summed E-state index contributed by atoms with van der Waals surface area (Å²) in [5, 5.41) is 3.39. The quantitative estimate of drug-likeness (QED) is 0.511. The second-order valence-corrected chi connectivity index (χ2v) is 3.97. The van der Waals surface area contributed by atoms with E-state index < -0.39 is 0 Å². The van der Waals surface area contributed by atoms with E-state index >= 15 is 0 Å². The molecule has 3 heteroatoms. The molecule has 0 saturated heterocycles. The lowest BCUT2D eigenvalue weighted by atomic mass is 10.2. The first-order valence-corrected chi connectivity index (χ1v) is 6.48. The molecule has 0 bridgehead atoms. The summed E-state index contributed by atoms with van der Waals surface area (Å²) in [5.41, 5.74) is 1.26. The Labute approximate surface area is 110 Å². The summed E-state index contributed by atoms with van der Waals surface area (Å²) >= 11 is 0. The highest BCUT2D eigenvalue weighted by Crippen LogP contribution is 2.11. The predicted octanol–water partition coefficient (Wildman–Crippen LogP) is 2.77. The third-order valence-corrected chi connectivity index (χ3v) is 2.47. The zero-order chi connectivity index (χ0) is 13.1. The van der Waals surface area contributed by atoms with Crippen molar-refractivity contribution in [1.82, 2.24) is 5.32 Å². The molecule has 0 heterocycles. The summed E-state index contributed by atoms with van der Waals surface area (Å²) < 4.78 is 10.7. The van der Waals surface area contributed by atoms with Gasteiger partial charge >= 0.3 is 0 Å². The van der Waals surface area contributed by atoms with Gasteiger partial charge in [-0.15, -0.1) is 0 Å². The van der Waals surface area contributed by atoms with Gasteiger partial charge in [0.2, 0.25) is 0 Å². The largest absolute Gasteiger partial charge is 0.490 e. The number of rotatable bonds is 10. The third kappa shape index (κ3) is 6.42. The van der Waals surface area contributed by atoms with Crippen molar-refractivity contribution < 1.29 is 9.47 Å². The molecule has 0 amide bonds. The van der Waals surface area contributed by atoms with Crippen molar-refractivity contribution in [2.75, 3.05) is 26.4 Å². The van der Waals surface area contributed by atoms with Crippen LogP contribution in [0.5, 0.6) is 5.75 Å². The normalized spacial score (nSPS) is 10.3. The minimum Gasteiger partial charge on any atom is -0.490 e. The van der Waals surface area contributed by atoms with E-state index in [0.717, 1.165) is 38.5 Å². The Hall–Kier alpha value is -1.32. The van der Waals surface area contributed by atoms with Gasteiger partial charge in [0.05, 0.1) is 0 Å². The van der Waals surface area contributed by atoms with Gasteiger partial charge in [-0.3, -0.25) is 0 Å². The van der Waals surface area contributed by atoms with Crippen LogP contribution in [0.15, 0.2) is 36.9 Å². The Morgan fingerprint density at radius 1 is 1.28 bits per heavy atom. The van der Waals surface area contributed by atoms with Gasteiger partial charge in [0.1, 0.15) is 12.4 Å². The van der Waals surface area contributed by atoms with Gasteiger partial charge in [-0.2, -0.15) is 0 Å². The molecule has 0 aromatic heterocycles. The van der Waals surface area contributed by atoms with E-state index in [-0.39, 0.29) is 0 Å². The van der Waals surface area contributed by atoms with Gasteiger partial charge in [-0.25, -0.2) is 0 Å². The molecule has 100 valence electrons. The van der Waals surface area contributed by atoms with Gasteiger partial charge in [0.25, 0.3) is 0 Å². The SMILES string of the molecule is C=CCOc1ccc(CNCCCOCC)cc1. The highest BCUT2D eigenvalue weighted by atomic mass is 16.5. The Kier molecular flexibility index (Phi) is 7.93. The lowest BCUT2D eigenvalue weighted by Gasteiger charge is -2.07. The van der Waals surface area contributed by atoms with Crippen LogP contribution in [0.25, 0.3) is 0 Å². The Morgan fingerprint density at radius 2 is 2.06 bits per heavy atom. The minimum absolute atomic E-state index is 0.551. The van der Waals surface area contributed by atoms with Crippen molar-refractivity contribution in [3.8, 4) is 5.75 Å². The molecule has 0 aliphatic rings. The number of nitrogens with one attached hydrogen (secondary N) is 1. The van der Waals surface area contributed by atoms with E-state index in [1.54, 1.807) is 6.08 Å². The summed E-state index contributed by atoms with van der Waals surface area (Å²) in [4.78, 5) is 0. The first-order chi connectivity index (χ1) is 8.86. The number of benzene rings is 1. The molecule has 1 aromatic carbocycles. The van der Waals surface area contributed by atoms with E-state index in [2.05, 4.69) is 24.0 Å². The van der Waals surface area contributed by atoms with Crippen LogP contribution in [0.4, 0.5) is 0 Å². The summed E-state index contributed by atoms with van der Waals surface area (Å²) in [6, 6.07) is 8.13. The lowest BCUT2D eigenvalue weighted by Crippen LogP contribution is -2.16. The topological polar surface area (TPSA) is 30.5 Å². The maximum atomic E-state index is 5.43. The van der Waals surface area contributed by atoms with Crippen LogP contribution in [0, 0.1) is 0 Å². The fourth-order valence-electron chi connectivity index (χ4n) is 1.53. The van der Waals surface area contributed by atoms with Crippen molar-refractivity contribution >= 4 is 0 Å². The maximum Gasteiger partial charge on any atom is 0.119 e. The molecule has 0 radical (unpaired) electrons. The smallest absolute Gasteiger partial charge is 0.119 e. The van der Waals surface area contributed by atoms with Crippen LogP contribution in [-0.2, 0) is 11.3 Å². The molecular weight excluding hydrogens is 226 g/mol. The van der Waals surface area contributed by atoms with E-state index in [0.29, 0.717) is 6.61 Å². The van der Waals surface area contributed by atoms with E-state index in [4.69, 9.17) is 9.47 Å². The van der Waals surface area contributed by atoms with E-state index in [1.807, 2.05) is 19.1 Å². The Morgan fingerprint density at radius 3 is 2.72 bits per heavy atom. The molecular formula is C15H23NO2. The fourth-order valence-corrected chi connectivity index (χ4v) is 1.53. The van der Waals surface area contributed by atoms with Gasteiger partial charge < -0.3 is 14.8 Å². The highest BCUT2D eigenvalue weighted by Gasteiger charge is 1.95. The molecule has 1 aromatic rings. The first-order valence-electron chi connectivity index (χ1n) is 6.48. The molecule has 0 aliphatic heterocycles. The minimum atomic E-state index is 0.551. The summed E-state index contributed by atoms with van der Waals surface area (Å²) in [5.74, 6) is 0.884. The van der Waals surface area contributed by atoms with Gasteiger partial charge in [0, 0.05) is 19.8 Å². The van der Waals surface area contributed by atoms with Crippen LogP contribution in [0.1, 0.15) is 18.9 Å². The summed E-state index contributed by atoms with van der Waals surface area (Å²) in [6.45, 7) is 9.68. The number of hydrogen-bond acceptors (Lipinski definition) is 3. The van der Waals surface area contributed by atoms with Crippen molar-refractivity contribution in [3.63, 3.8) is 0 Å². The zero-order valence-corrected chi connectivity index (χ0v) is 11.2. The van der Waals surface area contributed by atoms with Crippen LogP contribution in [0.2, 0.25) is 0 Å². The van der Waals surface area contributed by atoms with Gasteiger partial charge in [-0.1, -0.05) is 24.8 Å². The van der Waals surface area contributed by atoms with Crippen molar-refractivity contribution in [2.45, 2.75) is 19.9 Å². The first kappa shape index (κ1) is 14.7. The van der Waals surface area contributed by atoms with Crippen molar-refractivity contribution in [1.29, 1.82) is 0 Å². The molecule has 0 atom stereocenters. The fraction of sp³-hybridized carbons (Fsp3) is 0.467. The van der Waals surface area contributed by atoms with Crippen molar-refractivity contribution in [3.05, 3.63) is 42.5 Å². The van der Waals surface area contributed by atoms with E-state index in [9.17, 15) is 0 Å².